The van der Waals surface area contributed by atoms with Crippen LogP contribution in [0.4, 0.5) is 4.79 Å². The lowest BCUT2D eigenvalue weighted by Crippen LogP contribution is -2.47. The van der Waals surface area contributed by atoms with Crippen molar-refractivity contribution in [3.8, 4) is 0 Å². The fraction of sp³-hybridized carbons (Fsp3) is 0.909. The Balaban J connectivity index is 1.84. The molecule has 2 aliphatic heterocycles. The minimum atomic E-state index is -0.287. The third kappa shape index (κ3) is 2.65. The Kier molecular flexibility index (Phi) is 3.66. The van der Waals surface area contributed by atoms with E-state index in [2.05, 4.69) is 17.1 Å². The number of nitrogens with two attached hydrogens (primary N) is 1. The molecule has 5 nitrogen and oxygen atoms in total. The van der Waals surface area contributed by atoms with Gasteiger partial charge in [-0.1, -0.05) is 0 Å². The second kappa shape index (κ2) is 5.01. The van der Waals surface area contributed by atoms with E-state index in [0.29, 0.717) is 18.5 Å². The van der Waals surface area contributed by atoms with E-state index in [1.807, 2.05) is 0 Å². The van der Waals surface area contributed by atoms with Crippen molar-refractivity contribution in [3.05, 3.63) is 0 Å². The standard InChI is InChI=1S/C11H21N3O2/c1-8-2-3-9(4-12)6-14(8)7-10-5-13-11(15)16-10/h8-10H,2-7,12H2,1H3,(H,13,15). The van der Waals surface area contributed by atoms with E-state index in [0.717, 1.165) is 19.6 Å². The monoisotopic (exact) mass is 227 g/mol. The van der Waals surface area contributed by atoms with Crippen molar-refractivity contribution in [2.24, 2.45) is 11.7 Å². The zero-order chi connectivity index (χ0) is 11.5. The fourth-order valence-electron chi connectivity index (χ4n) is 2.50. The van der Waals surface area contributed by atoms with Crippen molar-refractivity contribution in [1.29, 1.82) is 0 Å². The largest absolute Gasteiger partial charge is 0.443 e. The van der Waals surface area contributed by atoms with E-state index in [4.69, 9.17) is 10.5 Å². The molecule has 0 radical (unpaired) electrons. The minimum absolute atomic E-state index is 0.00599. The molecule has 2 heterocycles. The molecule has 0 aromatic rings. The van der Waals surface area contributed by atoms with E-state index in [9.17, 15) is 4.79 Å². The molecule has 0 aromatic heterocycles. The van der Waals surface area contributed by atoms with Gasteiger partial charge in [0.2, 0.25) is 0 Å². The summed E-state index contributed by atoms with van der Waals surface area (Å²) in [6, 6.07) is 0.571. The number of amides is 1. The number of piperidine rings is 1. The van der Waals surface area contributed by atoms with Crippen LogP contribution in [0.1, 0.15) is 19.8 Å². The molecule has 16 heavy (non-hydrogen) atoms. The summed E-state index contributed by atoms with van der Waals surface area (Å²) in [5.41, 5.74) is 5.72. The topological polar surface area (TPSA) is 67.6 Å². The van der Waals surface area contributed by atoms with Crippen molar-refractivity contribution in [2.45, 2.75) is 31.9 Å². The van der Waals surface area contributed by atoms with E-state index in [1.165, 1.54) is 12.8 Å². The molecule has 0 aliphatic carbocycles. The first-order valence-corrected chi connectivity index (χ1v) is 6.07. The van der Waals surface area contributed by atoms with Crippen LogP contribution in [-0.4, -0.2) is 49.3 Å². The van der Waals surface area contributed by atoms with Gasteiger partial charge in [0.1, 0.15) is 6.10 Å². The third-order valence-corrected chi connectivity index (χ3v) is 3.63. The number of carbonyl (C=O) groups excluding carboxylic acids is 1. The summed E-state index contributed by atoms with van der Waals surface area (Å²) in [4.78, 5) is 13.3. The first kappa shape index (κ1) is 11.7. The molecule has 0 bridgehead atoms. The second-order valence-corrected chi connectivity index (χ2v) is 4.89. The molecular weight excluding hydrogens is 206 g/mol. The lowest BCUT2D eigenvalue weighted by molar-refractivity contribution is 0.0614. The van der Waals surface area contributed by atoms with Gasteiger partial charge in [0.15, 0.2) is 0 Å². The normalized spacial score (nSPS) is 35.9. The van der Waals surface area contributed by atoms with Crippen LogP contribution in [0, 0.1) is 5.92 Å². The fourth-order valence-corrected chi connectivity index (χ4v) is 2.50. The van der Waals surface area contributed by atoms with Gasteiger partial charge in [0.05, 0.1) is 6.54 Å². The highest BCUT2D eigenvalue weighted by atomic mass is 16.6. The minimum Gasteiger partial charge on any atom is -0.443 e. The summed E-state index contributed by atoms with van der Waals surface area (Å²) in [7, 11) is 0. The van der Waals surface area contributed by atoms with E-state index in [1.54, 1.807) is 0 Å². The lowest BCUT2D eigenvalue weighted by Gasteiger charge is -2.38. The van der Waals surface area contributed by atoms with Gasteiger partial charge in [-0.2, -0.15) is 0 Å². The van der Waals surface area contributed by atoms with Crippen LogP contribution in [0.2, 0.25) is 0 Å². The van der Waals surface area contributed by atoms with Crippen LogP contribution in [0.25, 0.3) is 0 Å². The van der Waals surface area contributed by atoms with Crippen molar-refractivity contribution in [3.63, 3.8) is 0 Å². The highest BCUT2D eigenvalue weighted by molar-refractivity contribution is 5.69. The number of ether oxygens (including phenoxy) is 1. The number of rotatable bonds is 3. The van der Waals surface area contributed by atoms with Gasteiger partial charge < -0.3 is 15.8 Å². The molecule has 0 saturated carbocycles. The van der Waals surface area contributed by atoms with Crippen molar-refractivity contribution >= 4 is 6.09 Å². The van der Waals surface area contributed by atoms with Crippen LogP contribution in [-0.2, 0) is 4.74 Å². The molecule has 2 aliphatic rings. The SMILES string of the molecule is CC1CCC(CN)CN1CC1CNC(=O)O1. The molecule has 5 heteroatoms. The van der Waals surface area contributed by atoms with Crippen molar-refractivity contribution in [1.82, 2.24) is 10.2 Å². The van der Waals surface area contributed by atoms with E-state index >= 15 is 0 Å². The molecule has 92 valence electrons. The predicted molar refractivity (Wildman–Crippen MR) is 61.1 cm³/mol. The molecule has 2 saturated heterocycles. The summed E-state index contributed by atoms with van der Waals surface area (Å²) in [5.74, 6) is 0.598. The van der Waals surface area contributed by atoms with Crippen molar-refractivity contribution in [2.75, 3.05) is 26.2 Å². The molecule has 3 atom stereocenters. The first-order chi connectivity index (χ1) is 7.69. The quantitative estimate of drug-likeness (QED) is 0.720. The Labute approximate surface area is 96.3 Å². The summed E-state index contributed by atoms with van der Waals surface area (Å²) in [6.07, 6.45) is 2.13. The van der Waals surface area contributed by atoms with Crippen LogP contribution in [0.3, 0.4) is 0 Å². The number of alkyl carbamates (subject to hydrolysis) is 1. The summed E-state index contributed by atoms with van der Waals surface area (Å²) < 4.78 is 5.16. The van der Waals surface area contributed by atoms with E-state index < -0.39 is 0 Å². The van der Waals surface area contributed by atoms with Gasteiger partial charge in [0, 0.05) is 19.1 Å². The summed E-state index contributed by atoms with van der Waals surface area (Å²) in [6.45, 7) is 5.49. The summed E-state index contributed by atoms with van der Waals surface area (Å²) in [5, 5.41) is 2.69. The highest BCUT2D eigenvalue weighted by Gasteiger charge is 2.30. The Morgan fingerprint density at radius 3 is 3.00 bits per heavy atom. The molecular formula is C11H21N3O2. The second-order valence-electron chi connectivity index (χ2n) is 4.89. The predicted octanol–water partition coefficient (Wildman–Crippen LogP) is 0.154. The van der Waals surface area contributed by atoms with Gasteiger partial charge in [-0.15, -0.1) is 0 Å². The van der Waals surface area contributed by atoms with Gasteiger partial charge in [-0.3, -0.25) is 4.90 Å². The maximum atomic E-state index is 10.9. The number of hydrogen-bond acceptors (Lipinski definition) is 4. The lowest BCUT2D eigenvalue weighted by atomic mass is 9.93. The Morgan fingerprint density at radius 2 is 2.38 bits per heavy atom. The maximum absolute atomic E-state index is 10.9. The van der Waals surface area contributed by atoms with Gasteiger partial charge in [0.25, 0.3) is 0 Å². The molecule has 0 spiro atoms. The number of hydrogen-bond donors (Lipinski definition) is 2. The maximum Gasteiger partial charge on any atom is 0.407 e. The smallest absolute Gasteiger partial charge is 0.407 e. The van der Waals surface area contributed by atoms with Crippen LogP contribution >= 0.6 is 0 Å². The highest BCUT2D eigenvalue weighted by Crippen LogP contribution is 2.21. The average molecular weight is 227 g/mol. The Bertz CT molecular complexity index is 260. The molecule has 2 fully saturated rings. The number of cyclic esters (lactones) is 1. The zero-order valence-electron chi connectivity index (χ0n) is 9.82. The van der Waals surface area contributed by atoms with Gasteiger partial charge in [-0.25, -0.2) is 4.79 Å². The van der Waals surface area contributed by atoms with Gasteiger partial charge >= 0.3 is 6.09 Å². The molecule has 3 N–H and O–H groups in total. The van der Waals surface area contributed by atoms with Crippen LogP contribution in [0.15, 0.2) is 0 Å². The zero-order valence-corrected chi connectivity index (χ0v) is 9.82. The third-order valence-electron chi connectivity index (χ3n) is 3.63. The average Bonchev–Trinajstić information content (AvgIpc) is 2.67. The first-order valence-electron chi connectivity index (χ1n) is 6.07. The molecule has 1 amide bonds. The van der Waals surface area contributed by atoms with Gasteiger partial charge in [-0.05, 0) is 32.2 Å². The number of carbonyl (C=O) groups is 1. The number of likely N-dealkylation sites (tertiary alicyclic amines) is 1. The Morgan fingerprint density at radius 1 is 1.56 bits per heavy atom. The Hall–Kier alpha value is -0.810. The number of nitrogens with zero attached hydrogens (tertiary/aromatic N) is 1. The van der Waals surface area contributed by atoms with Crippen molar-refractivity contribution < 1.29 is 9.53 Å². The summed E-state index contributed by atoms with van der Waals surface area (Å²) >= 11 is 0. The number of nitrogens with one attached hydrogen (secondary N) is 1. The van der Waals surface area contributed by atoms with Crippen LogP contribution in [0.5, 0.6) is 0 Å². The van der Waals surface area contributed by atoms with Crippen LogP contribution < -0.4 is 11.1 Å². The molecule has 2 rings (SSSR count). The van der Waals surface area contributed by atoms with E-state index in [-0.39, 0.29) is 12.2 Å². The molecule has 0 aromatic carbocycles. The molecule has 3 unspecified atom stereocenters.